The zero-order valence-electron chi connectivity index (χ0n) is 15.6. The van der Waals surface area contributed by atoms with Crippen LogP contribution in [0.15, 0.2) is 47.5 Å². The van der Waals surface area contributed by atoms with Crippen molar-refractivity contribution in [2.24, 2.45) is 0 Å². The zero-order chi connectivity index (χ0) is 19.3. The van der Waals surface area contributed by atoms with Crippen LogP contribution in [0.2, 0.25) is 0 Å². The molecule has 1 fully saturated rings. The number of nitrogens with zero attached hydrogens (tertiary/aromatic N) is 5. The fourth-order valence-corrected chi connectivity index (χ4v) is 5.48. The van der Waals surface area contributed by atoms with Gasteiger partial charge >= 0.3 is 0 Å². The molecule has 0 spiro atoms. The van der Waals surface area contributed by atoms with Crippen LogP contribution in [0.3, 0.4) is 0 Å². The number of fused-ring (bicyclic) bond motifs is 2. The SMILES string of the molecule is CN(C1CN(c2cc3c(nn2)CCC3)C1)S(=O)(=O)c1cccc2cccnc12. The molecule has 8 heteroatoms. The topological polar surface area (TPSA) is 79.3 Å². The number of likely N-dealkylation sites (N-methyl/N-ethyl adjacent to an activating group) is 1. The summed E-state index contributed by atoms with van der Waals surface area (Å²) in [6.45, 7) is 1.22. The smallest absolute Gasteiger partial charge is 0.245 e. The van der Waals surface area contributed by atoms with Gasteiger partial charge in [0.2, 0.25) is 10.0 Å². The van der Waals surface area contributed by atoms with Crippen molar-refractivity contribution in [2.45, 2.75) is 30.2 Å². The molecule has 1 saturated heterocycles. The van der Waals surface area contributed by atoms with Gasteiger partial charge in [0.1, 0.15) is 4.90 Å². The Balaban J connectivity index is 1.36. The van der Waals surface area contributed by atoms with E-state index in [0.717, 1.165) is 36.2 Å². The minimum atomic E-state index is -3.63. The molecule has 0 unspecified atom stereocenters. The molecule has 0 N–H and O–H groups in total. The summed E-state index contributed by atoms with van der Waals surface area (Å²) < 4.78 is 27.9. The Hall–Kier alpha value is -2.58. The first kappa shape index (κ1) is 17.5. The van der Waals surface area contributed by atoms with Crippen molar-refractivity contribution in [1.29, 1.82) is 0 Å². The maximum absolute atomic E-state index is 13.2. The van der Waals surface area contributed by atoms with E-state index in [9.17, 15) is 8.42 Å². The summed E-state index contributed by atoms with van der Waals surface area (Å²) in [7, 11) is -1.99. The molecule has 0 saturated carbocycles. The molecule has 5 rings (SSSR count). The van der Waals surface area contributed by atoms with E-state index < -0.39 is 10.0 Å². The highest BCUT2D eigenvalue weighted by atomic mass is 32.2. The molecule has 7 nitrogen and oxygen atoms in total. The summed E-state index contributed by atoms with van der Waals surface area (Å²) >= 11 is 0. The van der Waals surface area contributed by atoms with E-state index in [0.29, 0.717) is 18.6 Å². The highest BCUT2D eigenvalue weighted by Gasteiger charge is 2.38. The van der Waals surface area contributed by atoms with E-state index in [4.69, 9.17) is 0 Å². The molecule has 0 bridgehead atoms. The third-order valence-corrected chi connectivity index (χ3v) is 7.70. The molecule has 0 radical (unpaired) electrons. The monoisotopic (exact) mass is 395 g/mol. The Morgan fingerprint density at radius 2 is 1.93 bits per heavy atom. The highest BCUT2D eigenvalue weighted by molar-refractivity contribution is 7.89. The van der Waals surface area contributed by atoms with Crippen LogP contribution >= 0.6 is 0 Å². The van der Waals surface area contributed by atoms with Crippen molar-refractivity contribution < 1.29 is 8.42 Å². The fourth-order valence-electron chi connectivity index (χ4n) is 3.98. The van der Waals surface area contributed by atoms with Crippen LogP contribution in [0.25, 0.3) is 10.9 Å². The average Bonchev–Trinajstić information content (AvgIpc) is 3.14. The molecule has 144 valence electrons. The van der Waals surface area contributed by atoms with Gasteiger partial charge in [-0.15, -0.1) is 5.10 Å². The molecular formula is C20H21N5O2S. The Labute approximate surface area is 164 Å². The van der Waals surface area contributed by atoms with Crippen LogP contribution < -0.4 is 4.90 Å². The summed E-state index contributed by atoms with van der Waals surface area (Å²) in [6.07, 6.45) is 4.82. The highest BCUT2D eigenvalue weighted by Crippen LogP contribution is 2.30. The molecule has 2 aromatic heterocycles. The molecule has 0 atom stereocenters. The number of hydrogen-bond acceptors (Lipinski definition) is 6. The second-order valence-corrected chi connectivity index (χ2v) is 9.41. The molecule has 3 aromatic rings. The molecule has 1 aliphatic heterocycles. The van der Waals surface area contributed by atoms with E-state index in [-0.39, 0.29) is 10.9 Å². The van der Waals surface area contributed by atoms with Gasteiger partial charge < -0.3 is 4.90 Å². The molecular weight excluding hydrogens is 374 g/mol. The van der Waals surface area contributed by atoms with Crippen LogP contribution in [0.4, 0.5) is 5.82 Å². The third-order valence-electron chi connectivity index (χ3n) is 5.76. The Morgan fingerprint density at radius 1 is 1.11 bits per heavy atom. The summed E-state index contributed by atoms with van der Waals surface area (Å²) in [5.74, 6) is 0.842. The van der Waals surface area contributed by atoms with E-state index in [1.807, 2.05) is 18.2 Å². The van der Waals surface area contributed by atoms with Crippen LogP contribution in [-0.4, -0.2) is 54.1 Å². The summed E-state index contributed by atoms with van der Waals surface area (Å²) in [5, 5.41) is 9.48. The fraction of sp³-hybridized carbons (Fsp3) is 0.350. The molecule has 1 aliphatic carbocycles. The number of rotatable bonds is 4. The summed E-state index contributed by atoms with van der Waals surface area (Å²) in [5.41, 5.74) is 2.89. The van der Waals surface area contributed by atoms with Gasteiger partial charge in [-0.25, -0.2) is 8.42 Å². The predicted molar refractivity (Wildman–Crippen MR) is 107 cm³/mol. The van der Waals surface area contributed by atoms with Crippen LogP contribution in [0.1, 0.15) is 17.7 Å². The van der Waals surface area contributed by atoms with Crippen LogP contribution in [-0.2, 0) is 22.9 Å². The Kier molecular flexibility index (Phi) is 4.06. The number of aromatic nitrogens is 3. The van der Waals surface area contributed by atoms with Gasteiger partial charge in [-0.2, -0.15) is 9.40 Å². The number of para-hydroxylation sites is 1. The van der Waals surface area contributed by atoms with Crippen molar-refractivity contribution >= 4 is 26.7 Å². The maximum Gasteiger partial charge on any atom is 0.245 e. The molecule has 28 heavy (non-hydrogen) atoms. The minimum absolute atomic E-state index is 0.0981. The third kappa shape index (κ3) is 2.75. The summed E-state index contributed by atoms with van der Waals surface area (Å²) in [6, 6.07) is 11.0. The lowest BCUT2D eigenvalue weighted by Crippen LogP contribution is -2.60. The van der Waals surface area contributed by atoms with Gasteiger partial charge in [-0.3, -0.25) is 4.98 Å². The number of sulfonamides is 1. The van der Waals surface area contributed by atoms with Crippen molar-refractivity contribution in [2.75, 3.05) is 25.0 Å². The maximum atomic E-state index is 13.2. The van der Waals surface area contributed by atoms with Crippen molar-refractivity contribution in [3.05, 3.63) is 53.9 Å². The second-order valence-electron chi connectivity index (χ2n) is 7.44. The molecule has 2 aliphatic rings. The van der Waals surface area contributed by atoms with Gasteiger partial charge in [0.15, 0.2) is 5.82 Å². The standard InChI is InChI=1S/C20H21N5O2S/c1-24(28(26,27)18-9-3-5-14-7-4-10-21-20(14)18)16-12-25(13-16)19-11-15-6-2-8-17(15)22-23-19/h3-5,7,9-11,16H,2,6,8,12-13H2,1H3. The average molecular weight is 395 g/mol. The largest absolute Gasteiger partial charge is 0.352 e. The Morgan fingerprint density at radius 3 is 2.79 bits per heavy atom. The van der Waals surface area contributed by atoms with E-state index in [1.54, 1.807) is 25.4 Å². The lowest BCUT2D eigenvalue weighted by atomic mass is 10.1. The van der Waals surface area contributed by atoms with E-state index >= 15 is 0 Å². The van der Waals surface area contributed by atoms with Crippen molar-refractivity contribution in [3.8, 4) is 0 Å². The normalized spacial score (nSPS) is 17.1. The first-order valence-corrected chi connectivity index (χ1v) is 10.9. The van der Waals surface area contributed by atoms with Crippen LogP contribution in [0.5, 0.6) is 0 Å². The van der Waals surface area contributed by atoms with E-state index in [2.05, 4.69) is 26.1 Å². The Bertz CT molecular complexity index is 1150. The number of pyridine rings is 1. The van der Waals surface area contributed by atoms with Gasteiger partial charge in [0.05, 0.1) is 17.3 Å². The lowest BCUT2D eigenvalue weighted by Gasteiger charge is -2.43. The predicted octanol–water partition coefficient (Wildman–Crippen LogP) is 2.02. The van der Waals surface area contributed by atoms with Gasteiger partial charge in [0, 0.05) is 31.7 Å². The quantitative estimate of drug-likeness (QED) is 0.673. The lowest BCUT2D eigenvalue weighted by molar-refractivity contribution is 0.309. The number of hydrogen-bond donors (Lipinski definition) is 0. The van der Waals surface area contributed by atoms with Crippen molar-refractivity contribution in [3.63, 3.8) is 0 Å². The van der Waals surface area contributed by atoms with E-state index in [1.165, 1.54) is 9.87 Å². The van der Waals surface area contributed by atoms with Gasteiger partial charge in [-0.05, 0) is 43.0 Å². The van der Waals surface area contributed by atoms with Crippen molar-refractivity contribution in [1.82, 2.24) is 19.5 Å². The first-order valence-electron chi connectivity index (χ1n) is 9.46. The number of aryl methyl sites for hydroxylation is 2. The number of anilines is 1. The second kappa shape index (κ2) is 6.49. The van der Waals surface area contributed by atoms with Gasteiger partial charge in [0.25, 0.3) is 0 Å². The first-order chi connectivity index (χ1) is 13.5. The van der Waals surface area contributed by atoms with Crippen LogP contribution in [0, 0.1) is 0 Å². The molecule has 0 amide bonds. The van der Waals surface area contributed by atoms with Gasteiger partial charge in [-0.1, -0.05) is 18.2 Å². The summed E-state index contributed by atoms with van der Waals surface area (Å²) in [4.78, 5) is 6.63. The number of benzene rings is 1. The molecule has 3 heterocycles. The molecule has 1 aromatic carbocycles. The zero-order valence-corrected chi connectivity index (χ0v) is 16.4. The minimum Gasteiger partial charge on any atom is -0.352 e.